The zero-order chi connectivity index (χ0) is 22.8. The van der Waals surface area contributed by atoms with Crippen molar-refractivity contribution in [3.05, 3.63) is 71.3 Å². The predicted octanol–water partition coefficient (Wildman–Crippen LogP) is 1.14. The van der Waals surface area contributed by atoms with E-state index in [1.807, 2.05) is 30.3 Å². The van der Waals surface area contributed by atoms with Gasteiger partial charge in [-0.15, -0.1) is 0 Å². The normalized spacial score (nSPS) is 27.3. The lowest BCUT2D eigenvalue weighted by Gasteiger charge is -2.45. The lowest BCUT2D eigenvalue weighted by atomic mass is 9.94. The van der Waals surface area contributed by atoms with Gasteiger partial charge in [-0.2, -0.15) is 0 Å². The summed E-state index contributed by atoms with van der Waals surface area (Å²) in [4.78, 5) is 39.5. The molecule has 1 saturated heterocycles. The summed E-state index contributed by atoms with van der Waals surface area (Å²) in [6, 6.07) is 14.4. The molecular weight excluding hydrogens is 418 g/mol. The van der Waals surface area contributed by atoms with E-state index in [0.29, 0.717) is 0 Å². The molecule has 1 N–H and O–H groups in total. The van der Waals surface area contributed by atoms with Crippen molar-refractivity contribution < 1.29 is 38.4 Å². The van der Waals surface area contributed by atoms with Crippen molar-refractivity contribution >= 4 is 17.8 Å². The topological polar surface area (TPSA) is 112 Å². The first kappa shape index (κ1) is 22.1. The molecule has 0 aliphatic carbocycles. The molecule has 168 valence electrons. The molecule has 5 atom stereocenters. The van der Waals surface area contributed by atoms with Crippen molar-refractivity contribution in [1.82, 2.24) is 4.90 Å². The Morgan fingerprint density at radius 3 is 2.16 bits per heavy atom. The minimum Gasteiger partial charge on any atom is -0.467 e. The van der Waals surface area contributed by atoms with Crippen molar-refractivity contribution in [2.75, 3.05) is 14.2 Å². The van der Waals surface area contributed by atoms with Gasteiger partial charge in [0.25, 0.3) is 11.8 Å². The van der Waals surface area contributed by atoms with Gasteiger partial charge < -0.3 is 24.1 Å². The van der Waals surface area contributed by atoms with Crippen molar-refractivity contribution in [2.45, 2.75) is 37.3 Å². The number of nitrogens with zero attached hydrogens (tertiary/aromatic N) is 1. The third-order valence-corrected chi connectivity index (χ3v) is 5.62. The van der Waals surface area contributed by atoms with E-state index in [0.717, 1.165) is 17.6 Å². The molecule has 4 rings (SSSR count). The second-order valence-corrected chi connectivity index (χ2v) is 7.45. The maximum atomic E-state index is 13.1. The van der Waals surface area contributed by atoms with Gasteiger partial charge in [-0.1, -0.05) is 42.5 Å². The minimum absolute atomic E-state index is 0.0621. The molecule has 0 bridgehead atoms. The fraction of sp³-hybridized carbons (Fsp3) is 0.348. The number of esters is 1. The van der Waals surface area contributed by atoms with Crippen LogP contribution in [-0.2, 0) is 30.3 Å². The van der Waals surface area contributed by atoms with Crippen LogP contribution in [-0.4, -0.2) is 72.7 Å². The number of benzene rings is 2. The van der Waals surface area contributed by atoms with Gasteiger partial charge in [-0.25, -0.2) is 4.79 Å². The Kier molecular flexibility index (Phi) is 6.33. The van der Waals surface area contributed by atoms with E-state index in [1.165, 1.54) is 7.11 Å². The number of carbonyl (C=O) groups excluding carboxylic acids is 3. The van der Waals surface area contributed by atoms with Gasteiger partial charge in [-0.05, 0) is 17.7 Å². The van der Waals surface area contributed by atoms with Crippen LogP contribution < -0.4 is 0 Å². The molecule has 2 heterocycles. The van der Waals surface area contributed by atoms with Gasteiger partial charge in [0.05, 0.1) is 24.8 Å². The molecule has 9 heteroatoms. The number of methoxy groups -OCH3 is 2. The zero-order valence-corrected chi connectivity index (χ0v) is 17.5. The van der Waals surface area contributed by atoms with E-state index in [9.17, 15) is 19.5 Å². The maximum Gasteiger partial charge on any atom is 0.337 e. The van der Waals surface area contributed by atoms with Crippen LogP contribution in [0.25, 0.3) is 0 Å². The number of imide groups is 1. The summed E-state index contributed by atoms with van der Waals surface area (Å²) in [5.74, 6) is -1.94. The molecule has 0 spiro atoms. The third kappa shape index (κ3) is 3.80. The summed E-state index contributed by atoms with van der Waals surface area (Å²) >= 11 is 0. The van der Waals surface area contributed by atoms with Crippen LogP contribution in [0.1, 0.15) is 26.3 Å². The molecule has 0 saturated carbocycles. The average molecular weight is 441 g/mol. The highest BCUT2D eigenvalue weighted by Crippen LogP contribution is 2.34. The molecule has 2 aliphatic heterocycles. The highest BCUT2D eigenvalue weighted by Gasteiger charge is 2.56. The smallest absolute Gasteiger partial charge is 0.337 e. The zero-order valence-electron chi connectivity index (χ0n) is 17.5. The average Bonchev–Trinajstić information content (AvgIpc) is 3.08. The molecule has 0 unspecified atom stereocenters. The van der Waals surface area contributed by atoms with Gasteiger partial charge >= 0.3 is 5.97 Å². The lowest BCUT2D eigenvalue weighted by Crippen LogP contribution is -2.67. The van der Waals surface area contributed by atoms with Gasteiger partial charge in [-0.3, -0.25) is 14.5 Å². The van der Waals surface area contributed by atoms with Crippen LogP contribution in [0.3, 0.4) is 0 Å². The number of aliphatic hydroxyl groups is 1. The van der Waals surface area contributed by atoms with Crippen LogP contribution in [0.4, 0.5) is 0 Å². The number of carbonyl (C=O) groups is 3. The van der Waals surface area contributed by atoms with Crippen LogP contribution in [0.15, 0.2) is 54.6 Å². The number of ether oxygens (including phenoxy) is 4. The van der Waals surface area contributed by atoms with Gasteiger partial charge in [0.15, 0.2) is 12.4 Å². The van der Waals surface area contributed by atoms with Crippen LogP contribution in [0.5, 0.6) is 0 Å². The molecular formula is C23H23NO8. The first-order chi connectivity index (χ1) is 15.5. The van der Waals surface area contributed by atoms with E-state index in [-0.39, 0.29) is 17.7 Å². The fourth-order valence-corrected chi connectivity index (χ4v) is 4.05. The van der Waals surface area contributed by atoms with Crippen molar-refractivity contribution in [3.63, 3.8) is 0 Å². The lowest BCUT2D eigenvalue weighted by molar-refractivity contribution is -0.275. The van der Waals surface area contributed by atoms with E-state index in [2.05, 4.69) is 0 Å². The summed E-state index contributed by atoms with van der Waals surface area (Å²) in [6.07, 6.45) is -5.35. The molecule has 2 aliphatic rings. The second-order valence-electron chi connectivity index (χ2n) is 7.45. The van der Waals surface area contributed by atoms with Gasteiger partial charge in [0.1, 0.15) is 18.2 Å². The molecule has 2 amide bonds. The Balaban J connectivity index is 1.70. The van der Waals surface area contributed by atoms with E-state index < -0.39 is 48.4 Å². The van der Waals surface area contributed by atoms with Gasteiger partial charge in [0.2, 0.25) is 0 Å². The second kappa shape index (κ2) is 9.17. The summed E-state index contributed by atoms with van der Waals surface area (Å²) in [5.41, 5.74) is 1.27. The summed E-state index contributed by atoms with van der Waals surface area (Å²) < 4.78 is 21.8. The molecule has 9 nitrogen and oxygen atoms in total. The first-order valence-corrected chi connectivity index (χ1v) is 10.0. The minimum atomic E-state index is -1.52. The van der Waals surface area contributed by atoms with Crippen LogP contribution in [0.2, 0.25) is 0 Å². The Labute approximate surface area is 184 Å². The molecule has 0 radical (unpaired) electrons. The largest absolute Gasteiger partial charge is 0.467 e. The number of fused-ring (bicyclic) bond motifs is 1. The molecule has 2 aromatic carbocycles. The SMILES string of the molecule is COC(=O)[C@H]1O[C@H](OC)[C@@H](N2C(=O)c3ccccc3C2=O)[C@H](OCc2ccccc2)[C@@H]1O. The van der Waals surface area contributed by atoms with E-state index >= 15 is 0 Å². The van der Waals surface area contributed by atoms with Crippen LogP contribution in [0, 0.1) is 0 Å². The maximum absolute atomic E-state index is 13.1. The number of amides is 2. The molecule has 32 heavy (non-hydrogen) atoms. The Bertz CT molecular complexity index is 975. The Morgan fingerprint density at radius 1 is 1.00 bits per heavy atom. The quantitative estimate of drug-likeness (QED) is 0.525. The number of hydrogen-bond acceptors (Lipinski definition) is 8. The van der Waals surface area contributed by atoms with E-state index in [1.54, 1.807) is 24.3 Å². The van der Waals surface area contributed by atoms with Gasteiger partial charge in [0, 0.05) is 7.11 Å². The highest BCUT2D eigenvalue weighted by molar-refractivity contribution is 6.21. The number of hydrogen-bond donors (Lipinski definition) is 1. The standard InChI is InChI=1S/C23H23NO8/c1-29-22(28)19-17(25)18(31-12-13-8-4-3-5-9-13)16(23(30-2)32-19)24-20(26)14-10-6-7-11-15(14)21(24)27/h3-11,16-19,23,25H,12H2,1-2H3/t16-,17-,18-,19-,23-/m0/s1. The predicted molar refractivity (Wildman–Crippen MR) is 109 cm³/mol. The number of aliphatic hydroxyl groups excluding tert-OH is 1. The van der Waals surface area contributed by atoms with Crippen LogP contribution >= 0.6 is 0 Å². The van der Waals surface area contributed by atoms with Crippen molar-refractivity contribution in [1.29, 1.82) is 0 Å². The van der Waals surface area contributed by atoms with E-state index in [4.69, 9.17) is 18.9 Å². The monoisotopic (exact) mass is 441 g/mol. The Hall–Kier alpha value is -3.11. The molecule has 1 fully saturated rings. The summed E-state index contributed by atoms with van der Waals surface area (Å²) in [7, 11) is 2.48. The molecule has 0 aromatic heterocycles. The first-order valence-electron chi connectivity index (χ1n) is 10.0. The summed E-state index contributed by atoms with van der Waals surface area (Å²) in [5, 5.41) is 11.0. The fourth-order valence-electron chi connectivity index (χ4n) is 4.05. The molecule has 2 aromatic rings. The van der Waals surface area contributed by atoms with Crippen molar-refractivity contribution in [3.8, 4) is 0 Å². The number of rotatable bonds is 6. The summed E-state index contributed by atoms with van der Waals surface area (Å²) in [6.45, 7) is 0.0621. The third-order valence-electron chi connectivity index (χ3n) is 5.62. The van der Waals surface area contributed by atoms with Crippen molar-refractivity contribution in [2.24, 2.45) is 0 Å². The Morgan fingerprint density at radius 2 is 1.59 bits per heavy atom. The highest BCUT2D eigenvalue weighted by atomic mass is 16.7.